The Labute approximate surface area is 144 Å². The fourth-order valence-electron chi connectivity index (χ4n) is 4.20. The van der Waals surface area contributed by atoms with Crippen LogP contribution in [-0.2, 0) is 12.0 Å². The van der Waals surface area contributed by atoms with Gasteiger partial charge >= 0.3 is 0 Å². The first-order chi connectivity index (χ1) is 11.5. The molecule has 3 heterocycles. The lowest BCUT2D eigenvalue weighted by atomic mass is 10.1. The molecule has 1 saturated heterocycles. The first-order valence-electron chi connectivity index (χ1n) is 9.11. The summed E-state index contributed by atoms with van der Waals surface area (Å²) >= 11 is 0. The van der Waals surface area contributed by atoms with Gasteiger partial charge in [-0.1, -0.05) is 0 Å². The van der Waals surface area contributed by atoms with Crippen LogP contribution >= 0.6 is 0 Å². The van der Waals surface area contributed by atoms with Crippen molar-refractivity contribution < 1.29 is 0 Å². The van der Waals surface area contributed by atoms with E-state index in [0.717, 1.165) is 42.1 Å². The lowest BCUT2D eigenvalue weighted by Crippen LogP contribution is -2.35. The third-order valence-corrected chi connectivity index (χ3v) is 5.37. The normalized spacial score (nSPS) is 24.0. The van der Waals surface area contributed by atoms with E-state index < -0.39 is 0 Å². The SMILES string of the molecule is CC(C)(C)n1nc(-c2cccnc2)nc1CCN1C[C@H]2CC[C@@H]1C2. The molecule has 2 atom stereocenters. The molecular formula is C19H27N5. The van der Waals surface area contributed by atoms with Gasteiger partial charge in [0.05, 0.1) is 5.54 Å². The average molecular weight is 325 g/mol. The van der Waals surface area contributed by atoms with Crippen LogP contribution in [0.3, 0.4) is 0 Å². The Bertz CT molecular complexity index is 700. The number of hydrogen-bond donors (Lipinski definition) is 0. The van der Waals surface area contributed by atoms with Gasteiger partial charge in [0.15, 0.2) is 5.82 Å². The number of piperidine rings is 1. The topological polar surface area (TPSA) is 46.8 Å². The third kappa shape index (κ3) is 2.97. The zero-order chi connectivity index (χ0) is 16.7. The van der Waals surface area contributed by atoms with Gasteiger partial charge in [-0.2, -0.15) is 5.10 Å². The lowest BCUT2D eigenvalue weighted by molar-refractivity contribution is 0.212. The van der Waals surface area contributed by atoms with Gasteiger partial charge < -0.3 is 0 Å². The van der Waals surface area contributed by atoms with Crippen molar-refractivity contribution in [1.29, 1.82) is 0 Å². The molecule has 5 heteroatoms. The Morgan fingerprint density at radius 1 is 1.25 bits per heavy atom. The van der Waals surface area contributed by atoms with E-state index in [1.807, 2.05) is 18.3 Å². The number of aromatic nitrogens is 4. The summed E-state index contributed by atoms with van der Waals surface area (Å²) in [6.07, 6.45) is 8.82. The van der Waals surface area contributed by atoms with Gasteiger partial charge in [-0.15, -0.1) is 0 Å². The molecule has 4 rings (SSSR count). The van der Waals surface area contributed by atoms with Crippen LogP contribution in [0.5, 0.6) is 0 Å². The predicted molar refractivity (Wildman–Crippen MR) is 94.7 cm³/mol. The van der Waals surface area contributed by atoms with E-state index >= 15 is 0 Å². The third-order valence-electron chi connectivity index (χ3n) is 5.37. The Morgan fingerprint density at radius 3 is 2.75 bits per heavy atom. The molecule has 128 valence electrons. The van der Waals surface area contributed by atoms with Crippen molar-refractivity contribution in [2.45, 2.75) is 58.0 Å². The minimum Gasteiger partial charge on any atom is -0.300 e. The summed E-state index contributed by atoms with van der Waals surface area (Å²) in [6, 6.07) is 4.78. The highest BCUT2D eigenvalue weighted by molar-refractivity contribution is 5.52. The molecule has 0 unspecified atom stereocenters. The minimum absolute atomic E-state index is 0.0627. The minimum atomic E-state index is -0.0627. The number of fused-ring (bicyclic) bond motifs is 2. The zero-order valence-electron chi connectivity index (χ0n) is 14.9. The summed E-state index contributed by atoms with van der Waals surface area (Å²) in [5, 5.41) is 4.79. The monoisotopic (exact) mass is 325 g/mol. The van der Waals surface area contributed by atoms with Crippen LogP contribution in [0.2, 0.25) is 0 Å². The second-order valence-electron chi connectivity index (χ2n) is 8.25. The van der Waals surface area contributed by atoms with Gasteiger partial charge in [-0.25, -0.2) is 9.67 Å². The zero-order valence-corrected chi connectivity index (χ0v) is 14.9. The second-order valence-corrected chi connectivity index (χ2v) is 8.25. The van der Waals surface area contributed by atoms with Gasteiger partial charge in [0, 0.05) is 43.5 Å². The highest BCUT2D eigenvalue weighted by Crippen LogP contribution is 2.37. The van der Waals surface area contributed by atoms with E-state index in [9.17, 15) is 0 Å². The van der Waals surface area contributed by atoms with Crippen LogP contribution < -0.4 is 0 Å². The highest BCUT2D eigenvalue weighted by atomic mass is 15.4. The molecule has 1 aliphatic heterocycles. The Balaban J connectivity index is 1.56. The summed E-state index contributed by atoms with van der Waals surface area (Å²) in [4.78, 5) is 11.7. The van der Waals surface area contributed by atoms with E-state index in [0.29, 0.717) is 0 Å². The van der Waals surface area contributed by atoms with Crippen molar-refractivity contribution in [2.24, 2.45) is 5.92 Å². The van der Waals surface area contributed by atoms with Crippen LogP contribution in [0.1, 0.15) is 45.9 Å². The highest BCUT2D eigenvalue weighted by Gasteiger charge is 2.37. The Hall–Kier alpha value is -1.75. The van der Waals surface area contributed by atoms with Crippen LogP contribution in [0.15, 0.2) is 24.5 Å². The van der Waals surface area contributed by atoms with Gasteiger partial charge in [0.25, 0.3) is 0 Å². The number of nitrogens with zero attached hydrogens (tertiary/aromatic N) is 5. The molecule has 0 N–H and O–H groups in total. The van der Waals surface area contributed by atoms with Crippen molar-refractivity contribution in [3.63, 3.8) is 0 Å². The first kappa shape index (κ1) is 15.8. The van der Waals surface area contributed by atoms with Crippen LogP contribution in [0, 0.1) is 5.92 Å². The summed E-state index contributed by atoms with van der Waals surface area (Å²) in [5.74, 6) is 2.82. The Kier molecular flexibility index (Phi) is 3.91. The molecule has 2 fully saturated rings. The summed E-state index contributed by atoms with van der Waals surface area (Å²) in [7, 11) is 0. The van der Waals surface area contributed by atoms with Gasteiger partial charge in [0.1, 0.15) is 5.82 Å². The average Bonchev–Trinajstić information content (AvgIpc) is 3.28. The van der Waals surface area contributed by atoms with E-state index in [1.165, 1.54) is 25.8 Å². The van der Waals surface area contributed by atoms with Gasteiger partial charge in [0.2, 0.25) is 0 Å². The van der Waals surface area contributed by atoms with Crippen molar-refractivity contribution in [3.8, 4) is 11.4 Å². The maximum Gasteiger partial charge on any atom is 0.182 e. The molecule has 2 aromatic heterocycles. The van der Waals surface area contributed by atoms with Crippen LogP contribution in [0.4, 0.5) is 0 Å². The number of pyridine rings is 1. The van der Waals surface area contributed by atoms with Crippen molar-refractivity contribution in [1.82, 2.24) is 24.6 Å². The van der Waals surface area contributed by atoms with Crippen LogP contribution in [0.25, 0.3) is 11.4 Å². The molecule has 0 spiro atoms. The summed E-state index contributed by atoms with van der Waals surface area (Å²) < 4.78 is 2.10. The molecule has 2 aromatic rings. The molecule has 1 saturated carbocycles. The lowest BCUT2D eigenvalue weighted by Gasteiger charge is -2.27. The first-order valence-corrected chi connectivity index (χ1v) is 9.11. The molecule has 0 amide bonds. The molecule has 2 aliphatic rings. The van der Waals surface area contributed by atoms with Crippen molar-refractivity contribution >= 4 is 0 Å². The van der Waals surface area contributed by atoms with E-state index in [-0.39, 0.29) is 5.54 Å². The Morgan fingerprint density at radius 2 is 2.12 bits per heavy atom. The number of likely N-dealkylation sites (tertiary alicyclic amines) is 1. The molecular weight excluding hydrogens is 298 g/mol. The quantitative estimate of drug-likeness (QED) is 0.866. The van der Waals surface area contributed by atoms with Gasteiger partial charge in [-0.3, -0.25) is 9.88 Å². The largest absolute Gasteiger partial charge is 0.300 e. The maximum atomic E-state index is 4.86. The van der Waals surface area contributed by atoms with Crippen LogP contribution in [-0.4, -0.2) is 43.8 Å². The predicted octanol–water partition coefficient (Wildman–Crippen LogP) is 3.12. The fourth-order valence-corrected chi connectivity index (χ4v) is 4.20. The molecule has 24 heavy (non-hydrogen) atoms. The standard InChI is InChI=1S/C19H27N5/c1-19(2,3)24-17(8-10-23-13-14-6-7-16(23)11-14)21-18(22-24)15-5-4-9-20-12-15/h4-5,9,12,14,16H,6-8,10-11,13H2,1-3H3/t14-,16+/m0/s1. The second kappa shape index (κ2) is 5.96. The van der Waals surface area contributed by atoms with E-state index in [2.05, 4.69) is 35.3 Å². The van der Waals surface area contributed by atoms with Crippen molar-refractivity contribution in [2.75, 3.05) is 13.1 Å². The van der Waals surface area contributed by atoms with E-state index in [4.69, 9.17) is 10.1 Å². The van der Waals surface area contributed by atoms with Crippen molar-refractivity contribution in [3.05, 3.63) is 30.4 Å². The van der Waals surface area contributed by atoms with E-state index in [1.54, 1.807) is 6.20 Å². The fraction of sp³-hybridized carbons (Fsp3) is 0.632. The molecule has 5 nitrogen and oxygen atoms in total. The molecule has 2 bridgehead atoms. The maximum absolute atomic E-state index is 4.86. The van der Waals surface area contributed by atoms with Gasteiger partial charge in [-0.05, 0) is 58.1 Å². The summed E-state index contributed by atoms with van der Waals surface area (Å²) in [6.45, 7) is 8.95. The molecule has 1 aliphatic carbocycles. The smallest absolute Gasteiger partial charge is 0.182 e. The number of rotatable bonds is 4. The molecule has 0 radical (unpaired) electrons. The summed E-state index contributed by atoms with van der Waals surface area (Å²) in [5.41, 5.74) is 0.925. The molecule has 0 aromatic carbocycles. The number of hydrogen-bond acceptors (Lipinski definition) is 4.